The van der Waals surface area contributed by atoms with Crippen molar-refractivity contribution in [1.29, 1.82) is 0 Å². The maximum absolute atomic E-state index is 12.4. The van der Waals surface area contributed by atoms with Crippen LogP contribution in [-0.4, -0.2) is 26.6 Å². The predicted molar refractivity (Wildman–Crippen MR) is 84.6 cm³/mol. The van der Waals surface area contributed by atoms with E-state index >= 15 is 0 Å². The van der Waals surface area contributed by atoms with Crippen molar-refractivity contribution in [3.05, 3.63) is 18.0 Å². The van der Waals surface area contributed by atoms with E-state index in [1.165, 1.54) is 12.8 Å². The van der Waals surface area contributed by atoms with E-state index in [4.69, 9.17) is 0 Å². The zero-order valence-electron chi connectivity index (χ0n) is 13.1. The maximum atomic E-state index is 12.4. The first-order valence-corrected chi connectivity index (χ1v) is 9.38. The van der Waals surface area contributed by atoms with E-state index < -0.39 is 10.0 Å². The molecule has 1 fully saturated rings. The van der Waals surface area contributed by atoms with E-state index in [0.29, 0.717) is 23.9 Å². The third kappa shape index (κ3) is 4.31. The van der Waals surface area contributed by atoms with Crippen LogP contribution in [0.15, 0.2) is 17.2 Å². The van der Waals surface area contributed by atoms with Gasteiger partial charge in [-0.15, -0.1) is 0 Å². The van der Waals surface area contributed by atoms with Crippen LogP contribution in [0.25, 0.3) is 0 Å². The van der Waals surface area contributed by atoms with Crippen molar-refractivity contribution in [2.75, 3.05) is 13.6 Å². The lowest BCUT2D eigenvalue weighted by molar-refractivity contribution is 0.519. The Labute approximate surface area is 128 Å². The average Bonchev–Trinajstić information content (AvgIpc) is 3.08. The van der Waals surface area contributed by atoms with Crippen LogP contribution >= 0.6 is 0 Å². The fraction of sp³-hybridized carbons (Fsp3) is 0.733. The van der Waals surface area contributed by atoms with Gasteiger partial charge in [0.2, 0.25) is 10.0 Å². The summed E-state index contributed by atoms with van der Waals surface area (Å²) in [5.74, 6) is 0.509. The highest BCUT2D eigenvalue weighted by molar-refractivity contribution is 7.89. The molecular weight excluding hydrogens is 286 g/mol. The molecule has 1 aromatic heterocycles. The van der Waals surface area contributed by atoms with Crippen LogP contribution in [0.5, 0.6) is 0 Å². The number of nitrogens with one attached hydrogen (secondary N) is 2. The Morgan fingerprint density at radius 1 is 1.33 bits per heavy atom. The van der Waals surface area contributed by atoms with E-state index in [1.54, 1.807) is 12.3 Å². The van der Waals surface area contributed by atoms with Crippen molar-refractivity contribution in [1.82, 2.24) is 14.6 Å². The molecule has 0 amide bonds. The van der Waals surface area contributed by atoms with Crippen LogP contribution in [0.3, 0.4) is 0 Å². The zero-order chi connectivity index (χ0) is 15.3. The molecule has 1 saturated carbocycles. The lowest BCUT2D eigenvalue weighted by Crippen LogP contribution is -2.28. The average molecular weight is 313 g/mol. The van der Waals surface area contributed by atoms with E-state index in [9.17, 15) is 8.42 Å². The summed E-state index contributed by atoms with van der Waals surface area (Å²) in [6.45, 7) is 4.19. The summed E-state index contributed by atoms with van der Waals surface area (Å²) < 4.78 is 29.6. The number of hydrogen-bond donors (Lipinski definition) is 2. The van der Waals surface area contributed by atoms with Crippen molar-refractivity contribution < 1.29 is 8.42 Å². The Kier molecular flexibility index (Phi) is 5.84. The van der Waals surface area contributed by atoms with Gasteiger partial charge in [0.15, 0.2) is 0 Å². The smallest absolute Gasteiger partial charge is 0.242 e. The molecule has 21 heavy (non-hydrogen) atoms. The van der Waals surface area contributed by atoms with Gasteiger partial charge in [-0.25, -0.2) is 13.1 Å². The molecular formula is C15H27N3O2S. The number of hydrogen-bond acceptors (Lipinski definition) is 3. The summed E-state index contributed by atoms with van der Waals surface area (Å²) in [6.07, 6.45) is 7.49. The van der Waals surface area contributed by atoms with Gasteiger partial charge in [-0.3, -0.25) is 0 Å². The van der Waals surface area contributed by atoms with Crippen molar-refractivity contribution in [3.8, 4) is 0 Å². The van der Waals surface area contributed by atoms with Gasteiger partial charge in [0, 0.05) is 31.5 Å². The minimum Gasteiger partial charge on any atom is -0.349 e. The second-order valence-electron chi connectivity index (χ2n) is 5.89. The summed E-state index contributed by atoms with van der Waals surface area (Å²) in [4.78, 5) is 0.388. The zero-order valence-corrected chi connectivity index (χ0v) is 13.9. The summed E-state index contributed by atoms with van der Waals surface area (Å²) in [5.41, 5.74) is 1.01. The Morgan fingerprint density at radius 3 is 2.67 bits per heavy atom. The second-order valence-corrected chi connectivity index (χ2v) is 7.66. The summed E-state index contributed by atoms with van der Waals surface area (Å²) in [5, 5.41) is 3.09. The number of rotatable bonds is 8. The number of sulfonamides is 1. The fourth-order valence-corrected chi connectivity index (χ4v) is 4.15. The number of nitrogens with zero attached hydrogens (tertiary/aromatic N) is 1. The van der Waals surface area contributed by atoms with Gasteiger partial charge in [0.1, 0.15) is 0 Å². The van der Waals surface area contributed by atoms with Crippen molar-refractivity contribution in [3.63, 3.8) is 0 Å². The van der Waals surface area contributed by atoms with Gasteiger partial charge in [-0.2, -0.15) is 0 Å². The molecule has 6 heteroatoms. The molecule has 0 unspecified atom stereocenters. The van der Waals surface area contributed by atoms with Gasteiger partial charge in [0.25, 0.3) is 0 Å². The minimum absolute atomic E-state index is 0.388. The first kappa shape index (κ1) is 16.5. The molecule has 1 heterocycles. The molecule has 0 radical (unpaired) electrons. The highest BCUT2D eigenvalue weighted by Crippen LogP contribution is 2.24. The van der Waals surface area contributed by atoms with Crippen LogP contribution in [0, 0.1) is 5.92 Å². The van der Waals surface area contributed by atoms with E-state index in [-0.39, 0.29) is 0 Å². The highest BCUT2D eigenvalue weighted by atomic mass is 32.2. The molecule has 0 saturated heterocycles. The van der Waals surface area contributed by atoms with Crippen LogP contribution in [0.1, 0.15) is 44.7 Å². The molecule has 0 aromatic carbocycles. The Balaban J connectivity index is 2.08. The highest BCUT2D eigenvalue weighted by Gasteiger charge is 2.21. The Hall–Kier alpha value is -0.850. The quantitative estimate of drug-likeness (QED) is 0.772. The largest absolute Gasteiger partial charge is 0.349 e. The molecule has 0 spiro atoms. The van der Waals surface area contributed by atoms with Gasteiger partial charge < -0.3 is 9.88 Å². The topological polar surface area (TPSA) is 63.1 Å². The molecule has 120 valence electrons. The maximum Gasteiger partial charge on any atom is 0.242 e. The van der Waals surface area contributed by atoms with Crippen molar-refractivity contribution in [2.45, 2.75) is 57.0 Å². The Bertz CT molecular complexity index is 522. The molecule has 1 aliphatic carbocycles. The SMILES string of the molecule is CCCn1cc(S(=O)(=O)NCC2CCCC2)cc1CNC. The third-order valence-electron chi connectivity index (χ3n) is 4.13. The van der Waals surface area contributed by atoms with E-state index in [1.807, 2.05) is 11.6 Å². The predicted octanol–water partition coefficient (Wildman–Crippen LogP) is 2.09. The van der Waals surface area contributed by atoms with Crippen molar-refractivity contribution in [2.24, 2.45) is 5.92 Å². The fourth-order valence-electron chi connectivity index (χ4n) is 2.98. The second kappa shape index (κ2) is 7.42. The lowest BCUT2D eigenvalue weighted by Gasteiger charge is -2.10. The van der Waals surface area contributed by atoms with E-state index in [2.05, 4.69) is 17.0 Å². The monoisotopic (exact) mass is 313 g/mol. The van der Waals surface area contributed by atoms with Gasteiger partial charge in [-0.05, 0) is 38.3 Å². The molecule has 1 aliphatic rings. The normalized spacial score (nSPS) is 16.7. The van der Waals surface area contributed by atoms with Crippen LogP contribution in [-0.2, 0) is 23.1 Å². The van der Waals surface area contributed by atoms with Crippen LogP contribution in [0.4, 0.5) is 0 Å². The van der Waals surface area contributed by atoms with E-state index in [0.717, 1.165) is 31.5 Å². The molecule has 0 aliphatic heterocycles. The molecule has 0 atom stereocenters. The van der Waals surface area contributed by atoms with Gasteiger partial charge in [-0.1, -0.05) is 19.8 Å². The molecule has 0 bridgehead atoms. The molecule has 2 rings (SSSR count). The van der Waals surface area contributed by atoms with Crippen LogP contribution in [0.2, 0.25) is 0 Å². The summed E-state index contributed by atoms with van der Waals surface area (Å²) in [7, 11) is -1.51. The van der Waals surface area contributed by atoms with Gasteiger partial charge >= 0.3 is 0 Å². The molecule has 5 nitrogen and oxygen atoms in total. The summed E-state index contributed by atoms with van der Waals surface area (Å²) >= 11 is 0. The lowest BCUT2D eigenvalue weighted by atomic mass is 10.1. The molecule has 2 N–H and O–H groups in total. The van der Waals surface area contributed by atoms with Crippen molar-refractivity contribution >= 4 is 10.0 Å². The number of aryl methyl sites for hydroxylation is 1. The standard InChI is InChI=1S/C15H27N3O2S/c1-3-8-18-12-15(9-14(18)11-16-2)21(19,20)17-10-13-6-4-5-7-13/h9,12-13,16-17H,3-8,10-11H2,1-2H3. The first-order valence-electron chi connectivity index (χ1n) is 7.90. The Morgan fingerprint density at radius 2 is 2.05 bits per heavy atom. The number of aromatic nitrogens is 1. The third-order valence-corrected chi connectivity index (χ3v) is 5.52. The van der Waals surface area contributed by atoms with Crippen LogP contribution < -0.4 is 10.0 Å². The molecule has 1 aromatic rings. The summed E-state index contributed by atoms with van der Waals surface area (Å²) in [6, 6.07) is 1.78. The van der Waals surface area contributed by atoms with Gasteiger partial charge in [0.05, 0.1) is 4.90 Å². The minimum atomic E-state index is -3.38. The first-order chi connectivity index (χ1) is 10.1.